The topological polar surface area (TPSA) is 17.1 Å². The molecular formula is C14H10ClFO. The molecule has 17 heavy (non-hydrogen) atoms. The Morgan fingerprint density at radius 1 is 1.18 bits per heavy atom. The van der Waals surface area contributed by atoms with E-state index in [1.54, 1.807) is 12.1 Å². The van der Waals surface area contributed by atoms with Gasteiger partial charge in [0.05, 0.1) is 0 Å². The van der Waals surface area contributed by atoms with Crippen LogP contribution in [0.25, 0.3) is 0 Å². The highest BCUT2D eigenvalue weighted by molar-refractivity contribution is 6.31. The molecule has 0 spiro atoms. The summed E-state index contributed by atoms with van der Waals surface area (Å²) in [6, 6.07) is 11.0. The number of hydrogen-bond donors (Lipinski definition) is 0. The van der Waals surface area contributed by atoms with Gasteiger partial charge in [-0.2, -0.15) is 0 Å². The number of aryl methyl sites for hydroxylation is 1. The summed E-state index contributed by atoms with van der Waals surface area (Å²) >= 11 is 5.73. The maximum Gasteiger partial charge on any atom is 0.193 e. The fraction of sp³-hybridized carbons (Fsp3) is 0.0714. The van der Waals surface area contributed by atoms with Crippen molar-refractivity contribution in [3.63, 3.8) is 0 Å². The monoisotopic (exact) mass is 248 g/mol. The first-order valence-electron chi connectivity index (χ1n) is 5.14. The van der Waals surface area contributed by atoms with Crippen molar-refractivity contribution in [1.29, 1.82) is 0 Å². The number of ketones is 1. The van der Waals surface area contributed by atoms with Crippen molar-refractivity contribution in [3.05, 3.63) is 70.0 Å². The van der Waals surface area contributed by atoms with Gasteiger partial charge in [-0.15, -0.1) is 0 Å². The lowest BCUT2D eigenvalue weighted by Gasteiger charge is -2.05. The van der Waals surface area contributed by atoms with Crippen LogP contribution in [0.5, 0.6) is 0 Å². The van der Waals surface area contributed by atoms with Crippen LogP contribution in [0.15, 0.2) is 42.5 Å². The highest BCUT2D eigenvalue weighted by Gasteiger charge is 2.12. The standard InChI is InChI=1S/C14H10ClFO/c1-9-4-2-3-5-13(9)14(17)10-6-11(15)8-12(16)7-10/h2-8H,1H3. The minimum absolute atomic E-state index is 0.218. The molecule has 0 atom stereocenters. The van der Waals surface area contributed by atoms with Crippen molar-refractivity contribution >= 4 is 17.4 Å². The molecule has 0 unspecified atom stereocenters. The van der Waals surface area contributed by atoms with Crippen LogP contribution in [0.3, 0.4) is 0 Å². The Balaban J connectivity index is 2.48. The van der Waals surface area contributed by atoms with Crippen molar-refractivity contribution < 1.29 is 9.18 Å². The molecule has 2 rings (SSSR count). The maximum atomic E-state index is 13.2. The normalized spacial score (nSPS) is 10.3. The number of halogens is 2. The van der Waals surface area contributed by atoms with Crippen LogP contribution in [0, 0.1) is 12.7 Å². The summed E-state index contributed by atoms with van der Waals surface area (Å²) in [5, 5.41) is 0.224. The van der Waals surface area contributed by atoms with E-state index in [0.29, 0.717) is 5.56 Å². The van der Waals surface area contributed by atoms with Crippen molar-refractivity contribution in [2.24, 2.45) is 0 Å². The Hall–Kier alpha value is -1.67. The number of hydrogen-bond acceptors (Lipinski definition) is 1. The molecule has 0 radical (unpaired) electrons. The average Bonchev–Trinajstić information content (AvgIpc) is 2.27. The van der Waals surface area contributed by atoms with Crippen LogP contribution >= 0.6 is 11.6 Å². The first kappa shape index (κ1) is 11.8. The third-order valence-electron chi connectivity index (χ3n) is 2.51. The van der Waals surface area contributed by atoms with Crippen LogP contribution in [0.4, 0.5) is 4.39 Å². The number of carbonyl (C=O) groups excluding carboxylic acids is 1. The van der Waals surface area contributed by atoms with Crippen LogP contribution in [0.2, 0.25) is 5.02 Å². The van der Waals surface area contributed by atoms with Gasteiger partial charge < -0.3 is 0 Å². The highest BCUT2D eigenvalue weighted by Crippen LogP contribution is 2.19. The molecule has 0 fully saturated rings. The van der Waals surface area contributed by atoms with E-state index in [2.05, 4.69) is 0 Å². The van der Waals surface area contributed by atoms with Crippen molar-refractivity contribution in [1.82, 2.24) is 0 Å². The van der Waals surface area contributed by atoms with E-state index in [9.17, 15) is 9.18 Å². The summed E-state index contributed by atoms with van der Waals surface area (Å²) in [6.07, 6.45) is 0. The van der Waals surface area contributed by atoms with Gasteiger partial charge in [-0.1, -0.05) is 35.9 Å². The molecule has 0 N–H and O–H groups in total. The molecule has 3 heteroatoms. The molecular weight excluding hydrogens is 239 g/mol. The Kier molecular flexibility index (Phi) is 3.25. The van der Waals surface area contributed by atoms with E-state index < -0.39 is 5.82 Å². The van der Waals surface area contributed by atoms with Gasteiger partial charge in [0.2, 0.25) is 0 Å². The second-order valence-corrected chi connectivity index (χ2v) is 4.24. The molecule has 0 bridgehead atoms. The summed E-state index contributed by atoms with van der Waals surface area (Å²) in [5.41, 5.74) is 1.69. The highest BCUT2D eigenvalue weighted by atomic mass is 35.5. The molecule has 86 valence electrons. The second kappa shape index (κ2) is 4.68. The quantitative estimate of drug-likeness (QED) is 0.734. The molecule has 0 saturated carbocycles. The number of carbonyl (C=O) groups is 1. The summed E-state index contributed by atoms with van der Waals surface area (Å²) < 4.78 is 13.2. The molecule has 0 aliphatic carbocycles. The second-order valence-electron chi connectivity index (χ2n) is 3.80. The molecule has 0 heterocycles. The smallest absolute Gasteiger partial charge is 0.193 e. The molecule has 0 amide bonds. The van der Waals surface area contributed by atoms with Crippen molar-refractivity contribution in [3.8, 4) is 0 Å². The van der Waals surface area contributed by atoms with Gasteiger partial charge in [0.15, 0.2) is 5.78 Å². The lowest BCUT2D eigenvalue weighted by molar-refractivity contribution is 0.103. The predicted octanol–water partition coefficient (Wildman–Crippen LogP) is 4.02. The Bertz CT molecular complexity index is 558. The van der Waals surface area contributed by atoms with Crippen LogP contribution in [-0.4, -0.2) is 5.78 Å². The van der Waals surface area contributed by atoms with Crippen molar-refractivity contribution in [2.75, 3.05) is 0 Å². The van der Waals surface area contributed by atoms with Gasteiger partial charge in [0.25, 0.3) is 0 Å². The van der Waals surface area contributed by atoms with E-state index >= 15 is 0 Å². The number of rotatable bonds is 2. The Morgan fingerprint density at radius 2 is 1.88 bits per heavy atom. The van der Waals surface area contributed by atoms with Gasteiger partial charge in [0.1, 0.15) is 5.82 Å². The van der Waals surface area contributed by atoms with E-state index in [4.69, 9.17) is 11.6 Å². The largest absolute Gasteiger partial charge is 0.289 e. The van der Waals surface area contributed by atoms with E-state index in [1.165, 1.54) is 18.2 Å². The summed E-state index contributed by atoms with van der Waals surface area (Å²) in [6.45, 7) is 1.84. The van der Waals surface area contributed by atoms with Gasteiger partial charge in [-0.3, -0.25) is 4.79 Å². The third-order valence-corrected chi connectivity index (χ3v) is 2.73. The minimum Gasteiger partial charge on any atom is -0.289 e. The zero-order valence-electron chi connectivity index (χ0n) is 9.21. The Morgan fingerprint density at radius 3 is 2.53 bits per heavy atom. The summed E-state index contributed by atoms with van der Waals surface area (Å²) in [4.78, 5) is 12.1. The third kappa shape index (κ3) is 2.53. The summed E-state index contributed by atoms with van der Waals surface area (Å²) in [7, 11) is 0. The lowest BCUT2D eigenvalue weighted by atomic mass is 9.99. The lowest BCUT2D eigenvalue weighted by Crippen LogP contribution is -2.03. The average molecular weight is 249 g/mol. The molecule has 2 aromatic carbocycles. The van der Waals surface area contributed by atoms with Crippen molar-refractivity contribution in [2.45, 2.75) is 6.92 Å². The SMILES string of the molecule is Cc1ccccc1C(=O)c1cc(F)cc(Cl)c1. The van der Waals surface area contributed by atoms with Gasteiger partial charge in [0, 0.05) is 16.1 Å². The Labute approximate surface area is 104 Å². The fourth-order valence-electron chi connectivity index (χ4n) is 1.67. The zero-order valence-corrected chi connectivity index (χ0v) is 9.96. The molecule has 0 saturated heterocycles. The van der Waals surface area contributed by atoms with E-state index in [0.717, 1.165) is 5.56 Å². The first-order valence-corrected chi connectivity index (χ1v) is 5.52. The predicted molar refractivity (Wildman–Crippen MR) is 66.0 cm³/mol. The molecule has 0 aliphatic rings. The van der Waals surface area contributed by atoms with Crippen LogP contribution in [-0.2, 0) is 0 Å². The van der Waals surface area contributed by atoms with E-state index in [1.807, 2.05) is 19.1 Å². The number of benzene rings is 2. The molecule has 0 aromatic heterocycles. The van der Waals surface area contributed by atoms with Gasteiger partial charge in [-0.25, -0.2) is 4.39 Å². The van der Waals surface area contributed by atoms with E-state index in [-0.39, 0.29) is 16.4 Å². The van der Waals surface area contributed by atoms with Crippen LogP contribution < -0.4 is 0 Å². The summed E-state index contributed by atoms with van der Waals surface area (Å²) in [5.74, 6) is -0.723. The zero-order chi connectivity index (χ0) is 12.4. The first-order chi connectivity index (χ1) is 8.08. The molecule has 1 nitrogen and oxygen atoms in total. The van der Waals surface area contributed by atoms with Gasteiger partial charge in [-0.05, 0) is 30.7 Å². The van der Waals surface area contributed by atoms with Gasteiger partial charge >= 0.3 is 0 Å². The maximum absolute atomic E-state index is 13.2. The molecule has 0 aliphatic heterocycles. The molecule has 2 aromatic rings. The fourth-order valence-corrected chi connectivity index (χ4v) is 1.89. The minimum atomic E-state index is -0.505. The van der Waals surface area contributed by atoms with Crippen LogP contribution in [0.1, 0.15) is 21.5 Å².